The zero-order valence-corrected chi connectivity index (χ0v) is 18.0. The third-order valence-corrected chi connectivity index (χ3v) is 5.39. The Balaban J connectivity index is 1.89. The minimum Gasteiger partial charge on any atom is -0.394 e. The third kappa shape index (κ3) is 5.41. The van der Waals surface area contributed by atoms with Gasteiger partial charge >= 0.3 is 0 Å². The van der Waals surface area contributed by atoms with E-state index in [1.165, 1.54) is 20.2 Å². The fourth-order valence-electron chi connectivity index (χ4n) is 3.68. The van der Waals surface area contributed by atoms with E-state index in [0.29, 0.717) is 22.3 Å². The first-order valence-corrected chi connectivity index (χ1v) is 10.4. The van der Waals surface area contributed by atoms with E-state index >= 15 is 0 Å². The number of aliphatic hydroxyl groups excluding tert-OH is 3. The third-order valence-electron chi connectivity index (χ3n) is 5.39. The molecule has 0 saturated carbocycles. The van der Waals surface area contributed by atoms with Gasteiger partial charge in [0.25, 0.3) is 11.8 Å². The number of benzene rings is 2. The summed E-state index contributed by atoms with van der Waals surface area (Å²) in [7, 11) is 3.05. The summed E-state index contributed by atoms with van der Waals surface area (Å²) in [5, 5.41) is 35.0. The highest BCUT2D eigenvalue weighted by Crippen LogP contribution is 2.32. The highest BCUT2D eigenvalue weighted by Gasteiger charge is 2.37. The molecule has 5 N–H and O–H groups in total. The quantitative estimate of drug-likeness (QED) is 0.428. The molecule has 3 unspecified atom stereocenters. The Labute approximate surface area is 186 Å². The van der Waals surface area contributed by atoms with E-state index in [-0.39, 0.29) is 24.8 Å². The van der Waals surface area contributed by atoms with Crippen molar-refractivity contribution in [3.63, 3.8) is 0 Å². The second kappa shape index (κ2) is 10.5. The number of nitrogens with one attached hydrogen (secondary N) is 2. The van der Waals surface area contributed by atoms with Gasteiger partial charge in [0.1, 0.15) is 12.2 Å². The van der Waals surface area contributed by atoms with Crippen molar-refractivity contribution in [2.75, 3.05) is 20.7 Å². The number of hydrogen-bond donors (Lipinski definition) is 5. The molecule has 1 aliphatic rings. The molecule has 0 aromatic heterocycles. The molecule has 170 valence electrons. The lowest BCUT2D eigenvalue weighted by molar-refractivity contribution is -0.179. The Morgan fingerprint density at radius 2 is 1.62 bits per heavy atom. The second-order valence-corrected chi connectivity index (χ2v) is 7.66. The minimum absolute atomic E-state index is 0.170. The lowest BCUT2D eigenvalue weighted by Crippen LogP contribution is -2.44. The van der Waals surface area contributed by atoms with Crippen LogP contribution in [-0.4, -0.2) is 66.1 Å². The average Bonchev–Trinajstić information content (AvgIpc) is 2.83. The van der Waals surface area contributed by atoms with Crippen molar-refractivity contribution in [3.8, 4) is 0 Å². The summed E-state index contributed by atoms with van der Waals surface area (Å²) in [6.45, 7) is -0.241. The Morgan fingerprint density at radius 1 is 1.00 bits per heavy atom. The molecular formula is C24H28N2O6. The van der Waals surface area contributed by atoms with E-state index in [4.69, 9.17) is 4.74 Å². The molecule has 2 amide bonds. The van der Waals surface area contributed by atoms with Gasteiger partial charge in [-0.1, -0.05) is 30.4 Å². The van der Waals surface area contributed by atoms with Crippen LogP contribution in [0.1, 0.15) is 49.9 Å². The van der Waals surface area contributed by atoms with E-state index in [1.54, 1.807) is 30.3 Å². The summed E-state index contributed by atoms with van der Waals surface area (Å²) in [5.74, 6) is -0.597. The Bertz CT molecular complexity index is 971. The molecule has 8 nitrogen and oxygen atoms in total. The zero-order valence-electron chi connectivity index (χ0n) is 18.0. The molecule has 32 heavy (non-hydrogen) atoms. The van der Waals surface area contributed by atoms with Crippen LogP contribution in [0.15, 0.2) is 42.5 Å². The maximum absolute atomic E-state index is 12.1. The summed E-state index contributed by atoms with van der Waals surface area (Å²) in [5.41, 5.74) is 2.86. The average molecular weight is 440 g/mol. The van der Waals surface area contributed by atoms with E-state index < -0.39 is 24.4 Å². The second-order valence-electron chi connectivity index (χ2n) is 7.66. The number of carbonyl (C=O) groups excluding carboxylic acids is 2. The minimum atomic E-state index is -1.10. The monoisotopic (exact) mass is 440 g/mol. The highest BCUT2D eigenvalue weighted by molar-refractivity contribution is 6.00. The van der Waals surface area contributed by atoms with Gasteiger partial charge in [0.15, 0.2) is 0 Å². The summed E-state index contributed by atoms with van der Waals surface area (Å²) >= 11 is 0. The van der Waals surface area contributed by atoms with Gasteiger partial charge in [-0.05, 0) is 41.0 Å². The van der Waals surface area contributed by atoms with Crippen molar-refractivity contribution in [2.45, 2.75) is 30.8 Å². The fourth-order valence-corrected chi connectivity index (χ4v) is 3.68. The van der Waals surface area contributed by atoms with E-state index in [9.17, 15) is 24.9 Å². The van der Waals surface area contributed by atoms with Crippen molar-refractivity contribution in [1.82, 2.24) is 10.6 Å². The van der Waals surface area contributed by atoms with Gasteiger partial charge in [-0.2, -0.15) is 0 Å². The van der Waals surface area contributed by atoms with Crippen LogP contribution in [0.4, 0.5) is 0 Å². The van der Waals surface area contributed by atoms with E-state index in [0.717, 1.165) is 5.56 Å². The number of aliphatic hydroxyl groups is 3. The maximum Gasteiger partial charge on any atom is 0.251 e. The van der Waals surface area contributed by atoms with Crippen molar-refractivity contribution in [3.05, 3.63) is 70.3 Å². The fraction of sp³-hybridized carbons (Fsp3) is 0.333. The predicted molar refractivity (Wildman–Crippen MR) is 120 cm³/mol. The molecule has 0 radical (unpaired) electrons. The molecular weight excluding hydrogens is 412 g/mol. The van der Waals surface area contributed by atoms with Gasteiger partial charge in [-0.3, -0.25) is 9.59 Å². The Hall–Kier alpha value is -3.04. The Morgan fingerprint density at radius 3 is 2.22 bits per heavy atom. The van der Waals surface area contributed by atoms with Crippen LogP contribution in [0.3, 0.4) is 0 Å². The molecule has 1 heterocycles. The van der Waals surface area contributed by atoms with Crippen LogP contribution in [-0.2, 0) is 4.74 Å². The van der Waals surface area contributed by atoms with Gasteiger partial charge < -0.3 is 30.7 Å². The van der Waals surface area contributed by atoms with Crippen molar-refractivity contribution >= 4 is 24.0 Å². The molecule has 1 saturated heterocycles. The van der Waals surface area contributed by atoms with Crippen LogP contribution < -0.4 is 10.6 Å². The predicted octanol–water partition coefficient (Wildman–Crippen LogP) is 1.12. The van der Waals surface area contributed by atoms with Crippen LogP contribution in [0.25, 0.3) is 12.2 Å². The Kier molecular flexibility index (Phi) is 7.76. The molecule has 4 atom stereocenters. The standard InChI is InChI=1S/C24H28N2O6/c1-25-23(30)17-9-15(10-18(11-17)24(31)26-2)7-6-14-4-3-5-16(8-14)22-21(29)20(28)12-19(13-27)32-22/h3-11,19-22,27-29H,12-13H2,1-2H3,(H,25,30)(H,26,31)/b7-6+/t19?,20?,21?,22-/m1/s1. The van der Waals surface area contributed by atoms with Crippen LogP contribution in [0.2, 0.25) is 0 Å². The molecule has 1 aliphatic heterocycles. The maximum atomic E-state index is 12.1. The molecule has 0 bridgehead atoms. The molecule has 2 aromatic carbocycles. The molecule has 1 fully saturated rings. The lowest BCUT2D eigenvalue weighted by atomic mass is 9.92. The summed E-state index contributed by atoms with van der Waals surface area (Å²) < 4.78 is 5.76. The summed E-state index contributed by atoms with van der Waals surface area (Å²) in [6, 6.07) is 12.2. The summed E-state index contributed by atoms with van der Waals surface area (Å²) in [4.78, 5) is 24.2. The van der Waals surface area contributed by atoms with E-state index in [2.05, 4.69) is 10.6 Å². The van der Waals surface area contributed by atoms with Gasteiger partial charge in [-0.15, -0.1) is 0 Å². The van der Waals surface area contributed by atoms with Crippen molar-refractivity contribution < 1.29 is 29.6 Å². The molecule has 0 aliphatic carbocycles. The SMILES string of the molecule is CNC(=O)c1cc(/C=C/c2cccc([C@H]3OC(CO)CC(O)C3O)c2)cc(C(=O)NC)c1. The molecule has 2 aromatic rings. The van der Waals surface area contributed by atoms with Crippen LogP contribution >= 0.6 is 0 Å². The normalized spacial score (nSPS) is 23.2. The first-order valence-electron chi connectivity index (χ1n) is 10.4. The van der Waals surface area contributed by atoms with Crippen molar-refractivity contribution in [1.29, 1.82) is 0 Å². The lowest BCUT2D eigenvalue weighted by Gasteiger charge is -2.36. The molecule has 8 heteroatoms. The zero-order chi connectivity index (χ0) is 23.3. The van der Waals surface area contributed by atoms with Crippen molar-refractivity contribution in [2.24, 2.45) is 0 Å². The smallest absolute Gasteiger partial charge is 0.251 e. The largest absolute Gasteiger partial charge is 0.394 e. The van der Waals surface area contributed by atoms with Crippen LogP contribution in [0.5, 0.6) is 0 Å². The van der Waals surface area contributed by atoms with Gasteiger partial charge in [0, 0.05) is 31.6 Å². The molecule has 0 spiro atoms. The topological polar surface area (TPSA) is 128 Å². The number of amides is 2. The molecule has 3 rings (SSSR count). The van der Waals surface area contributed by atoms with Gasteiger partial charge in [0.2, 0.25) is 0 Å². The number of hydrogen-bond acceptors (Lipinski definition) is 6. The van der Waals surface area contributed by atoms with Gasteiger partial charge in [0.05, 0.1) is 18.8 Å². The van der Waals surface area contributed by atoms with Crippen LogP contribution in [0, 0.1) is 0 Å². The van der Waals surface area contributed by atoms with E-state index in [1.807, 2.05) is 18.2 Å². The number of ether oxygens (including phenoxy) is 1. The number of rotatable bonds is 6. The highest BCUT2D eigenvalue weighted by atomic mass is 16.5. The number of carbonyl (C=O) groups is 2. The first-order chi connectivity index (χ1) is 15.4. The van der Waals surface area contributed by atoms with Gasteiger partial charge in [-0.25, -0.2) is 0 Å². The summed E-state index contributed by atoms with van der Waals surface area (Å²) in [6.07, 6.45) is 0.366. The first kappa shape index (κ1) is 23.6.